The minimum atomic E-state index is -1.02. The fraction of sp³-hybridized carbons (Fsp3) is 0.750. The van der Waals surface area contributed by atoms with Crippen molar-refractivity contribution < 1.29 is 14.6 Å². The van der Waals surface area contributed by atoms with Crippen LogP contribution in [0.5, 0.6) is 0 Å². The molecule has 1 N–H and O–H groups in total. The molecule has 6 heteroatoms. The Kier molecular flexibility index (Phi) is 5.77. The van der Waals surface area contributed by atoms with Crippen molar-refractivity contribution >= 4 is 5.97 Å². The molecule has 0 aliphatic heterocycles. The van der Waals surface area contributed by atoms with Gasteiger partial charge in [0.15, 0.2) is 5.69 Å². The number of carboxylic acid groups (broad SMARTS) is 1. The molecule has 0 radical (unpaired) electrons. The Balaban J connectivity index is 2.78. The maximum atomic E-state index is 11.1. The van der Waals surface area contributed by atoms with Crippen LogP contribution in [0.2, 0.25) is 0 Å². The van der Waals surface area contributed by atoms with Crippen molar-refractivity contribution in [1.29, 1.82) is 0 Å². The number of carbonyl (C=O) groups is 1. The highest BCUT2D eigenvalue weighted by atomic mass is 16.5. The number of aromatic nitrogens is 3. The summed E-state index contributed by atoms with van der Waals surface area (Å²) in [7, 11) is 0. The van der Waals surface area contributed by atoms with Gasteiger partial charge in [0.2, 0.25) is 0 Å². The van der Waals surface area contributed by atoms with Gasteiger partial charge in [-0.2, -0.15) is 0 Å². The van der Waals surface area contributed by atoms with E-state index in [1.807, 2.05) is 6.92 Å². The van der Waals surface area contributed by atoms with E-state index in [2.05, 4.69) is 24.2 Å². The number of carboxylic acids is 1. The molecule has 1 rings (SSSR count). The van der Waals surface area contributed by atoms with Gasteiger partial charge in [0.1, 0.15) is 0 Å². The third-order valence-corrected chi connectivity index (χ3v) is 2.65. The van der Waals surface area contributed by atoms with Gasteiger partial charge < -0.3 is 9.84 Å². The molecule has 0 bridgehead atoms. The largest absolute Gasteiger partial charge is 0.476 e. The Bertz CT molecular complexity index is 388. The second kappa shape index (κ2) is 7.10. The molecule has 0 atom stereocenters. The molecule has 0 spiro atoms. The van der Waals surface area contributed by atoms with Crippen LogP contribution in [0.1, 0.15) is 43.4 Å². The Hall–Kier alpha value is -1.43. The lowest BCUT2D eigenvalue weighted by molar-refractivity contribution is 0.0688. The number of ether oxygens (including phenoxy) is 1. The summed E-state index contributed by atoms with van der Waals surface area (Å²) in [5.74, 6) is -0.502. The second-order valence-corrected chi connectivity index (χ2v) is 4.54. The Morgan fingerprint density at radius 3 is 2.78 bits per heavy atom. The van der Waals surface area contributed by atoms with Gasteiger partial charge in [0.25, 0.3) is 0 Å². The molecule has 0 saturated heterocycles. The van der Waals surface area contributed by atoms with Crippen molar-refractivity contribution in [3.8, 4) is 0 Å². The van der Waals surface area contributed by atoms with E-state index in [0.29, 0.717) is 37.8 Å². The van der Waals surface area contributed by atoms with Crippen LogP contribution in [0.4, 0.5) is 0 Å². The van der Waals surface area contributed by atoms with Crippen LogP contribution < -0.4 is 0 Å². The highest BCUT2D eigenvalue weighted by molar-refractivity contribution is 5.86. The van der Waals surface area contributed by atoms with Gasteiger partial charge in [-0.25, -0.2) is 9.48 Å². The summed E-state index contributed by atoms with van der Waals surface area (Å²) in [6.45, 7) is 7.84. The molecule has 1 aromatic rings. The average Bonchev–Trinajstić information content (AvgIpc) is 2.70. The minimum absolute atomic E-state index is 0.0622. The molecule has 0 unspecified atom stereocenters. The minimum Gasteiger partial charge on any atom is -0.476 e. The van der Waals surface area contributed by atoms with Crippen molar-refractivity contribution in [2.45, 2.75) is 40.2 Å². The summed E-state index contributed by atoms with van der Waals surface area (Å²) in [6.07, 6.45) is 1.60. The molecule has 0 aliphatic carbocycles. The van der Waals surface area contributed by atoms with E-state index in [0.717, 1.165) is 6.42 Å². The molecule has 0 amide bonds. The lowest BCUT2D eigenvalue weighted by atomic mass is 10.1. The van der Waals surface area contributed by atoms with E-state index in [-0.39, 0.29) is 5.69 Å². The monoisotopic (exact) mass is 255 g/mol. The zero-order valence-electron chi connectivity index (χ0n) is 11.2. The van der Waals surface area contributed by atoms with Crippen LogP contribution in [-0.4, -0.2) is 39.3 Å². The van der Waals surface area contributed by atoms with Crippen LogP contribution in [-0.2, 0) is 17.7 Å². The second-order valence-electron chi connectivity index (χ2n) is 4.54. The lowest BCUT2D eigenvalue weighted by Crippen LogP contribution is -2.13. The van der Waals surface area contributed by atoms with Gasteiger partial charge in [0.05, 0.1) is 18.8 Å². The van der Waals surface area contributed by atoms with E-state index in [1.165, 1.54) is 0 Å². The Labute approximate surface area is 107 Å². The molecule has 6 nitrogen and oxygen atoms in total. The van der Waals surface area contributed by atoms with Crippen LogP contribution in [0.15, 0.2) is 0 Å². The van der Waals surface area contributed by atoms with E-state index >= 15 is 0 Å². The summed E-state index contributed by atoms with van der Waals surface area (Å²) in [6, 6.07) is 0. The van der Waals surface area contributed by atoms with Crippen LogP contribution in [0, 0.1) is 5.92 Å². The maximum absolute atomic E-state index is 11.1. The molecule has 18 heavy (non-hydrogen) atoms. The summed E-state index contributed by atoms with van der Waals surface area (Å²) in [5.41, 5.74) is 0.753. The van der Waals surface area contributed by atoms with Crippen molar-refractivity contribution in [3.63, 3.8) is 0 Å². The molecule has 0 aliphatic rings. The van der Waals surface area contributed by atoms with Crippen molar-refractivity contribution in [2.24, 2.45) is 5.92 Å². The zero-order valence-corrected chi connectivity index (χ0v) is 11.2. The van der Waals surface area contributed by atoms with Gasteiger partial charge in [-0.15, -0.1) is 5.10 Å². The molecular formula is C12H21N3O3. The predicted octanol–water partition coefficient (Wildman–Crippen LogP) is 1.60. The summed E-state index contributed by atoms with van der Waals surface area (Å²) in [4.78, 5) is 11.1. The molecule has 0 saturated carbocycles. The zero-order chi connectivity index (χ0) is 13.5. The van der Waals surface area contributed by atoms with Crippen LogP contribution in [0.25, 0.3) is 0 Å². The van der Waals surface area contributed by atoms with Crippen LogP contribution in [0.3, 0.4) is 0 Å². The first-order chi connectivity index (χ1) is 8.56. The van der Waals surface area contributed by atoms with Gasteiger partial charge in [-0.3, -0.25) is 0 Å². The van der Waals surface area contributed by atoms with Gasteiger partial charge >= 0.3 is 5.97 Å². The van der Waals surface area contributed by atoms with Gasteiger partial charge in [-0.1, -0.05) is 19.1 Å². The maximum Gasteiger partial charge on any atom is 0.358 e. The van der Waals surface area contributed by atoms with Gasteiger partial charge in [-0.05, 0) is 25.7 Å². The fourth-order valence-corrected chi connectivity index (χ4v) is 1.65. The third kappa shape index (κ3) is 4.10. The number of aromatic carboxylic acids is 1. The molecule has 102 valence electrons. The van der Waals surface area contributed by atoms with Gasteiger partial charge in [0, 0.05) is 6.61 Å². The standard InChI is InChI=1S/C12H21N3O3/c1-4-18-8-7-15-10(6-5-9(2)3)11(12(16)17)13-14-15/h9H,4-8H2,1-3H3,(H,16,17). The highest BCUT2D eigenvalue weighted by Gasteiger charge is 2.18. The third-order valence-electron chi connectivity index (χ3n) is 2.65. The number of rotatable bonds is 8. The summed E-state index contributed by atoms with van der Waals surface area (Å²) >= 11 is 0. The molecule has 0 fully saturated rings. The quantitative estimate of drug-likeness (QED) is 0.714. The van der Waals surface area contributed by atoms with E-state index in [1.54, 1.807) is 4.68 Å². The summed E-state index contributed by atoms with van der Waals surface area (Å²) < 4.78 is 6.89. The Morgan fingerprint density at radius 1 is 1.50 bits per heavy atom. The first-order valence-corrected chi connectivity index (χ1v) is 6.29. The van der Waals surface area contributed by atoms with Crippen molar-refractivity contribution in [1.82, 2.24) is 15.0 Å². The first-order valence-electron chi connectivity index (χ1n) is 6.29. The van der Waals surface area contributed by atoms with Crippen molar-refractivity contribution in [3.05, 3.63) is 11.4 Å². The van der Waals surface area contributed by atoms with E-state index in [4.69, 9.17) is 9.84 Å². The predicted molar refractivity (Wildman–Crippen MR) is 66.6 cm³/mol. The number of hydrogen-bond donors (Lipinski definition) is 1. The highest BCUT2D eigenvalue weighted by Crippen LogP contribution is 2.12. The number of hydrogen-bond acceptors (Lipinski definition) is 4. The SMILES string of the molecule is CCOCCn1nnc(C(=O)O)c1CCC(C)C. The topological polar surface area (TPSA) is 77.2 Å². The average molecular weight is 255 g/mol. The Morgan fingerprint density at radius 2 is 2.22 bits per heavy atom. The molecule has 1 aromatic heterocycles. The molecule has 0 aromatic carbocycles. The first kappa shape index (κ1) is 14.6. The summed E-state index contributed by atoms with van der Waals surface area (Å²) in [5, 5.41) is 16.7. The van der Waals surface area contributed by atoms with E-state index in [9.17, 15) is 4.79 Å². The molecular weight excluding hydrogens is 234 g/mol. The fourth-order valence-electron chi connectivity index (χ4n) is 1.65. The molecule has 1 heterocycles. The van der Waals surface area contributed by atoms with Crippen molar-refractivity contribution in [2.75, 3.05) is 13.2 Å². The van der Waals surface area contributed by atoms with E-state index < -0.39 is 5.97 Å². The van der Waals surface area contributed by atoms with Crippen LogP contribution >= 0.6 is 0 Å². The smallest absolute Gasteiger partial charge is 0.358 e. The lowest BCUT2D eigenvalue weighted by Gasteiger charge is -2.08. The normalized spacial score (nSPS) is 11.1. The number of nitrogens with zero attached hydrogens (tertiary/aromatic N) is 3.